The fraction of sp³-hybridized carbons (Fsp3) is 1.00. The van der Waals surface area contributed by atoms with Crippen molar-refractivity contribution in [3.8, 4) is 0 Å². The van der Waals surface area contributed by atoms with E-state index in [9.17, 15) is 0 Å². The second-order valence-electron chi connectivity index (χ2n) is 3.29. The minimum atomic E-state index is -0.588. The number of hydrogen-bond donors (Lipinski definition) is 3. The molecule has 1 fully saturated rings. The van der Waals surface area contributed by atoms with Gasteiger partial charge in [-0.2, -0.15) is 0 Å². The number of hydrogen-bond acceptors (Lipinski definition) is 3. The smallest absolute Gasteiger partial charge is 0.0894 e. The van der Waals surface area contributed by atoms with E-state index in [1.54, 1.807) is 0 Å². The average Bonchev–Trinajstić information content (AvgIpc) is 1.94. The summed E-state index contributed by atoms with van der Waals surface area (Å²) >= 11 is 0. The van der Waals surface area contributed by atoms with Crippen molar-refractivity contribution in [1.29, 1.82) is 0 Å². The van der Waals surface area contributed by atoms with Gasteiger partial charge in [0.2, 0.25) is 0 Å². The predicted molar refractivity (Wildman–Crippen MR) is 43.3 cm³/mol. The van der Waals surface area contributed by atoms with Crippen LogP contribution < -0.4 is 5.32 Å². The first-order valence-electron chi connectivity index (χ1n) is 4.32. The maximum atomic E-state index is 8.95. The van der Waals surface area contributed by atoms with Gasteiger partial charge in [0.05, 0.1) is 12.7 Å². The van der Waals surface area contributed by atoms with Crippen LogP contribution in [0.25, 0.3) is 0 Å². The lowest BCUT2D eigenvalue weighted by atomic mass is 9.85. The zero-order valence-corrected chi connectivity index (χ0v) is 6.79. The van der Waals surface area contributed by atoms with Crippen molar-refractivity contribution in [2.24, 2.45) is 5.92 Å². The molecule has 3 heteroatoms. The van der Waals surface area contributed by atoms with Crippen LogP contribution >= 0.6 is 0 Å². The standard InChI is InChI=1S/C8H17NO2/c10-6-8(11)5-9-4-7-2-1-3-7/h7-11H,1-6H2/t8-/m0/s1. The monoisotopic (exact) mass is 159 g/mol. The number of nitrogens with one attached hydrogen (secondary N) is 1. The van der Waals surface area contributed by atoms with E-state index in [0.29, 0.717) is 6.54 Å². The molecule has 1 saturated carbocycles. The Balaban J connectivity index is 1.86. The van der Waals surface area contributed by atoms with Gasteiger partial charge in [-0.15, -0.1) is 0 Å². The van der Waals surface area contributed by atoms with Crippen LogP contribution in [0, 0.1) is 5.92 Å². The Hall–Kier alpha value is -0.120. The van der Waals surface area contributed by atoms with E-state index in [1.165, 1.54) is 19.3 Å². The summed E-state index contributed by atoms with van der Waals surface area (Å²) in [6.07, 6.45) is 3.41. The molecule has 0 aromatic carbocycles. The summed E-state index contributed by atoms with van der Waals surface area (Å²) in [7, 11) is 0. The Kier molecular flexibility index (Phi) is 3.83. The Morgan fingerprint density at radius 3 is 2.64 bits per heavy atom. The molecule has 0 amide bonds. The SMILES string of the molecule is OC[C@@H](O)CNCC1CCC1. The van der Waals surface area contributed by atoms with E-state index < -0.39 is 6.10 Å². The van der Waals surface area contributed by atoms with Crippen LogP contribution in [0.15, 0.2) is 0 Å². The van der Waals surface area contributed by atoms with Gasteiger partial charge in [-0.1, -0.05) is 6.42 Å². The van der Waals surface area contributed by atoms with Crippen molar-refractivity contribution in [2.75, 3.05) is 19.7 Å². The minimum Gasteiger partial charge on any atom is -0.394 e. The van der Waals surface area contributed by atoms with Crippen molar-refractivity contribution in [3.63, 3.8) is 0 Å². The predicted octanol–water partition coefficient (Wildman–Crippen LogP) is -0.271. The number of aliphatic hydroxyl groups excluding tert-OH is 2. The van der Waals surface area contributed by atoms with E-state index >= 15 is 0 Å². The molecule has 3 N–H and O–H groups in total. The molecule has 0 aromatic heterocycles. The van der Waals surface area contributed by atoms with Gasteiger partial charge in [0.1, 0.15) is 0 Å². The van der Waals surface area contributed by atoms with Crippen molar-refractivity contribution in [3.05, 3.63) is 0 Å². The largest absolute Gasteiger partial charge is 0.394 e. The molecule has 0 aliphatic heterocycles. The highest BCUT2D eigenvalue weighted by Gasteiger charge is 2.16. The molecule has 1 aliphatic rings. The lowest BCUT2D eigenvalue weighted by Gasteiger charge is -2.25. The quantitative estimate of drug-likeness (QED) is 0.517. The third kappa shape index (κ3) is 3.18. The van der Waals surface area contributed by atoms with Crippen LogP contribution in [0.2, 0.25) is 0 Å². The van der Waals surface area contributed by atoms with E-state index in [0.717, 1.165) is 12.5 Å². The van der Waals surface area contributed by atoms with Crippen LogP contribution in [0.1, 0.15) is 19.3 Å². The summed E-state index contributed by atoms with van der Waals surface area (Å²) in [5, 5.41) is 20.6. The summed E-state index contributed by atoms with van der Waals surface area (Å²) in [6, 6.07) is 0. The number of rotatable bonds is 5. The summed E-state index contributed by atoms with van der Waals surface area (Å²) in [5.41, 5.74) is 0. The number of aliphatic hydroxyl groups is 2. The Labute approximate surface area is 67.4 Å². The molecule has 1 rings (SSSR count). The van der Waals surface area contributed by atoms with Crippen LogP contribution in [0.5, 0.6) is 0 Å². The first kappa shape index (κ1) is 8.97. The first-order chi connectivity index (χ1) is 5.33. The minimum absolute atomic E-state index is 0.141. The first-order valence-corrected chi connectivity index (χ1v) is 4.32. The lowest BCUT2D eigenvalue weighted by Crippen LogP contribution is -2.34. The highest BCUT2D eigenvalue weighted by Crippen LogP contribution is 2.24. The molecule has 0 heterocycles. The van der Waals surface area contributed by atoms with E-state index in [4.69, 9.17) is 10.2 Å². The lowest BCUT2D eigenvalue weighted by molar-refractivity contribution is 0.0923. The van der Waals surface area contributed by atoms with Gasteiger partial charge in [0, 0.05) is 6.54 Å². The molecule has 3 nitrogen and oxygen atoms in total. The molecule has 1 atom stereocenters. The summed E-state index contributed by atoms with van der Waals surface area (Å²) in [5.74, 6) is 0.820. The zero-order valence-electron chi connectivity index (χ0n) is 6.79. The summed E-state index contributed by atoms with van der Waals surface area (Å²) in [6.45, 7) is 1.38. The molecule has 0 bridgehead atoms. The fourth-order valence-electron chi connectivity index (χ4n) is 1.22. The molecule has 1 aliphatic carbocycles. The molecular formula is C8H17NO2. The van der Waals surface area contributed by atoms with Gasteiger partial charge in [0.15, 0.2) is 0 Å². The average molecular weight is 159 g/mol. The second kappa shape index (κ2) is 4.70. The second-order valence-corrected chi connectivity index (χ2v) is 3.29. The van der Waals surface area contributed by atoms with Crippen LogP contribution in [0.4, 0.5) is 0 Å². The van der Waals surface area contributed by atoms with E-state index in [2.05, 4.69) is 5.32 Å². The fourth-order valence-corrected chi connectivity index (χ4v) is 1.22. The summed E-state index contributed by atoms with van der Waals surface area (Å²) < 4.78 is 0. The van der Waals surface area contributed by atoms with E-state index in [1.807, 2.05) is 0 Å². The molecule has 0 spiro atoms. The Morgan fingerprint density at radius 2 is 2.18 bits per heavy atom. The van der Waals surface area contributed by atoms with Gasteiger partial charge < -0.3 is 15.5 Å². The van der Waals surface area contributed by atoms with Gasteiger partial charge >= 0.3 is 0 Å². The van der Waals surface area contributed by atoms with Gasteiger partial charge in [0.25, 0.3) is 0 Å². The molecule has 0 aromatic rings. The van der Waals surface area contributed by atoms with Gasteiger partial charge in [-0.05, 0) is 25.3 Å². The van der Waals surface area contributed by atoms with Gasteiger partial charge in [-0.3, -0.25) is 0 Å². The molecular weight excluding hydrogens is 142 g/mol. The third-order valence-corrected chi connectivity index (χ3v) is 2.25. The highest BCUT2D eigenvalue weighted by molar-refractivity contribution is 4.72. The molecule has 66 valence electrons. The zero-order chi connectivity index (χ0) is 8.10. The third-order valence-electron chi connectivity index (χ3n) is 2.25. The van der Waals surface area contributed by atoms with Crippen molar-refractivity contribution < 1.29 is 10.2 Å². The highest BCUT2D eigenvalue weighted by atomic mass is 16.3. The molecule has 0 unspecified atom stereocenters. The maximum Gasteiger partial charge on any atom is 0.0894 e. The van der Waals surface area contributed by atoms with Crippen LogP contribution in [-0.2, 0) is 0 Å². The van der Waals surface area contributed by atoms with E-state index in [-0.39, 0.29) is 6.61 Å². The summed E-state index contributed by atoms with van der Waals surface area (Å²) in [4.78, 5) is 0. The normalized spacial score (nSPS) is 21.3. The topological polar surface area (TPSA) is 52.5 Å². The molecule has 11 heavy (non-hydrogen) atoms. The van der Waals surface area contributed by atoms with Crippen molar-refractivity contribution in [1.82, 2.24) is 5.32 Å². The van der Waals surface area contributed by atoms with Crippen molar-refractivity contribution in [2.45, 2.75) is 25.4 Å². The maximum absolute atomic E-state index is 8.95. The molecule has 0 saturated heterocycles. The van der Waals surface area contributed by atoms with Crippen LogP contribution in [0.3, 0.4) is 0 Å². The van der Waals surface area contributed by atoms with Crippen LogP contribution in [-0.4, -0.2) is 36.0 Å². The Morgan fingerprint density at radius 1 is 1.45 bits per heavy atom. The Bertz CT molecular complexity index is 99.5. The molecule has 0 radical (unpaired) electrons. The van der Waals surface area contributed by atoms with Crippen molar-refractivity contribution >= 4 is 0 Å². The van der Waals surface area contributed by atoms with Gasteiger partial charge in [-0.25, -0.2) is 0 Å².